The molecule has 3 heterocycles. The number of nitrogens with one attached hydrogen (secondary N) is 1. The zero-order valence-electron chi connectivity index (χ0n) is 17.5. The molecule has 0 saturated carbocycles. The Morgan fingerprint density at radius 2 is 1.79 bits per heavy atom. The van der Waals surface area contributed by atoms with Crippen LogP contribution >= 0.6 is 0 Å². The van der Waals surface area contributed by atoms with Gasteiger partial charge in [-0.1, -0.05) is 6.07 Å². The van der Waals surface area contributed by atoms with E-state index in [2.05, 4.69) is 35.8 Å². The van der Waals surface area contributed by atoms with Crippen molar-refractivity contribution in [3.05, 3.63) is 77.3 Å². The van der Waals surface area contributed by atoms with Crippen LogP contribution in [-0.2, 0) is 12.7 Å². The Kier molecular flexibility index (Phi) is 5.82. The summed E-state index contributed by atoms with van der Waals surface area (Å²) in [4.78, 5) is 25.3. The van der Waals surface area contributed by atoms with E-state index in [9.17, 15) is 18.0 Å². The topological polar surface area (TPSA) is 111 Å². The largest absolute Gasteiger partial charge is 0.453 e. The van der Waals surface area contributed by atoms with Crippen LogP contribution in [0.25, 0.3) is 16.9 Å². The second-order valence-corrected chi connectivity index (χ2v) is 7.22. The Bertz CT molecular complexity index is 1280. The van der Waals surface area contributed by atoms with E-state index in [1.54, 1.807) is 37.6 Å². The van der Waals surface area contributed by atoms with Crippen molar-refractivity contribution in [2.75, 3.05) is 0 Å². The average molecular weight is 454 g/mol. The predicted octanol–water partition coefficient (Wildman–Crippen LogP) is 3.08. The van der Waals surface area contributed by atoms with E-state index in [0.717, 1.165) is 5.56 Å². The number of rotatable bonds is 5. The fraction of sp³-hybridized carbons (Fsp3) is 0.190. The highest BCUT2D eigenvalue weighted by molar-refractivity contribution is 5.96. The summed E-state index contributed by atoms with van der Waals surface area (Å²) in [6, 6.07) is 7.78. The first-order valence-corrected chi connectivity index (χ1v) is 9.70. The molecule has 12 heteroatoms. The summed E-state index contributed by atoms with van der Waals surface area (Å²) in [6.45, 7) is 3.74. The predicted molar refractivity (Wildman–Crippen MR) is 110 cm³/mol. The number of amides is 1. The second kappa shape index (κ2) is 8.73. The number of alkyl halides is 3. The molecule has 9 nitrogen and oxygen atoms in total. The number of tetrazole rings is 1. The van der Waals surface area contributed by atoms with Gasteiger partial charge in [0.25, 0.3) is 11.7 Å². The minimum absolute atomic E-state index is 0.0315. The van der Waals surface area contributed by atoms with Crippen molar-refractivity contribution >= 4 is 5.91 Å². The van der Waals surface area contributed by atoms with Crippen molar-refractivity contribution in [3.8, 4) is 16.9 Å². The molecule has 3 aromatic heterocycles. The second-order valence-electron chi connectivity index (χ2n) is 7.22. The molecule has 1 N–H and O–H groups in total. The summed E-state index contributed by atoms with van der Waals surface area (Å²) in [5.74, 6) is -1.22. The Labute approximate surface area is 185 Å². The number of benzene rings is 1. The number of carbonyl (C=O) groups excluding carboxylic acids is 1. The van der Waals surface area contributed by atoms with Crippen LogP contribution in [0.4, 0.5) is 13.2 Å². The molecule has 0 radical (unpaired) electrons. The summed E-state index contributed by atoms with van der Waals surface area (Å²) in [6.07, 6.45) is 0.00152. The van der Waals surface area contributed by atoms with Crippen molar-refractivity contribution < 1.29 is 18.0 Å². The number of nitrogens with zero attached hydrogens (tertiary/aromatic N) is 7. The molecular formula is C21H17F3N8O. The summed E-state index contributed by atoms with van der Waals surface area (Å²) in [5.41, 5.74) is 2.57. The van der Waals surface area contributed by atoms with Crippen LogP contribution in [0.15, 0.2) is 48.9 Å². The first-order valence-electron chi connectivity index (χ1n) is 9.70. The molecule has 4 rings (SSSR count). The van der Waals surface area contributed by atoms with Crippen molar-refractivity contribution in [1.29, 1.82) is 0 Å². The Morgan fingerprint density at radius 3 is 2.45 bits per heavy atom. The molecule has 0 saturated heterocycles. The van der Waals surface area contributed by atoms with Crippen molar-refractivity contribution in [2.45, 2.75) is 26.6 Å². The molecule has 0 spiro atoms. The molecule has 4 aromatic rings. The Balaban J connectivity index is 1.73. The molecule has 0 fully saturated rings. The quantitative estimate of drug-likeness (QED) is 0.493. The van der Waals surface area contributed by atoms with Crippen LogP contribution in [0.1, 0.15) is 33.1 Å². The normalized spacial score (nSPS) is 11.4. The Morgan fingerprint density at radius 1 is 1.03 bits per heavy atom. The van der Waals surface area contributed by atoms with Gasteiger partial charge in [0.1, 0.15) is 5.82 Å². The van der Waals surface area contributed by atoms with Gasteiger partial charge in [-0.2, -0.15) is 17.9 Å². The van der Waals surface area contributed by atoms with E-state index in [-0.39, 0.29) is 17.8 Å². The third-order valence-electron chi connectivity index (χ3n) is 4.64. The van der Waals surface area contributed by atoms with E-state index in [1.165, 1.54) is 12.1 Å². The van der Waals surface area contributed by atoms with E-state index in [1.807, 2.05) is 13.0 Å². The van der Waals surface area contributed by atoms with Gasteiger partial charge < -0.3 is 5.32 Å². The third kappa shape index (κ3) is 5.00. The lowest BCUT2D eigenvalue weighted by atomic mass is 10.0. The van der Waals surface area contributed by atoms with Gasteiger partial charge in [0, 0.05) is 41.8 Å². The molecule has 168 valence electrons. The summed E-state index contributed by atoms with van der Waals surface area (Å²) < 4.78 is 40.6. The summed E-state index contributed by atoms with van der Waals surface area (Å²) >= 11 is 0. The zero-order chi connectivity index (χ0) is 23.6. The number of aromatic nitrogens is 7. The van der Waals surface area contributed by atoms with E-state index < -0.39 is 17.9 Å². The standard InChI is InChI=1S/C21H17F3N8O/c1-12-3-4-18(27-8-12)15-5-16(19(33)28-11-14-9-25-13(2)26-10-14)7-17(6-15)32-20(21(22,23)24)29-30-31-32/h3-10H,11H2,1-2H3,(H,28,33). The SMILES string of the molecule is Cc1ccc(-c2cc(C(=O)NCc3cnc(C)nc3)cc(-n3nnnc3C(F)(F)F)c2)nc1. The van der Waals surface area contributed by atoms with Crippen LogP contribution in [0, 0.1) is 13.8 Å². The molecule has 0 atom stereocenters. The number of hydrogen-bond acceptors (Lipinski definition) is 7. The van der Waals surface area contributed by atoms with Crippen LogP contribution in [0.2, 0.25) is 0 Å². The van der Waals surface area contributed by atoms with Crippen LogP contribution in [0.5, 0.6) is 0 Å². The monoisotopic (exact) mass is 454 g/mol. The van der Waals surface area contributed by atoms with Gasteiger partial charge in [0.05, 0.1) is 11.4 Å². The smallest absolute Gasteiger partial charge is 0.348 e. The molecule has 0 aliphatic rings. The lowest BCUT2D eigenvalue weighted by Crippen LogP contribution is -2.23. The van der Waals surface area contributed by atoms with Crippen LogP contribution < -0.4 is 5.32 Å². The molecule has 1 aromatic carbocycles. The fourth-order valence-corrected chi connectivity index (χ4v) is 2.98. The minimum atomic E-state index is -4.78. The first-order chi connectivity index (χ1) is 15.7. The lowest BCUT2D eigenvalue weighted by molar-refractivity contribution is -0.146. The number of carbonyl (C=O) groups is 1. The van der Waals surface area contributed by atoms with Crippen molar-refractivity contribution in [3.63, 3.8) is 0 Å². The van der Waals surface area contributed by atoms with Crippen molar-refractivity contribution in [1.82, 2.24) is 40.5 Å². The molecule has 0 bridgehead atoms. The Hall–Kier alpha value is -4.22. The number of hydrogen-bond donors (Lipinski definition) is 1. The third-order valence-corrected chi connectivity index (χ3v) is 4.64. The van der Waals surface area contributed by atoms with Gasteiger partial charge >= 0.3 is 6.18 Å². The molecule has 0 aliphatic heterocycles. The molecule has 0 aliphatic carbocycles. The van der Waals surface area contributed by atoms with Gasteiger partial charge in [-0.3, -0.25) is 9.78 Å². The first kappa shape index (κ1) is 22.0. The number of halogens is 3. The summed E-state index contributed by atoms with van der Waals surface area (Å²) in [7, 11) is 0. The molecular weight excluding hydrogens is 437 g/mol. The average Bonchev–Trinajstić information content (AvgIpc) is 3.29. The van der Waals surface area contributed by atoms with Gasteiger partial charge in [-0.05, 0) is 54.1 Å². The van der Waals surface area contributed by atoms with E-state index >= 15 is 0 Å². The van der Waals surface area contributed by atoms with Crippen LogP contribution in [-0.4, -0.2) is 41.1 Å². The maximum Gasteiger partial charge on any atom is 0.453 e. The van der Waals surface area contributed by atoms with Crippen molar-refractivity contribution in [2.24, 2.45) is 0 Å². The van der Waals surface area contributed by atoms with Gasteiger partial charge in [-0.25, -0.2) is 9.97 Å². The van der Waals surface area contributed by atoms with Crippen LogP contribution in [0.3, 0.4) is 0 Å². The maximum absolute atomic E-state index is 13.4. The van der Waals surface area contributed by atoms with Gasteiger partial charge in [0.2, 0.25) is 0 Å². The highest BCUT2D eigenvalue weighted by Gasteiger charge is 2.38. The molecule has 33 heavy (non-hydrogen) atoms. The van der Waals surface area contributed by atoms with Gasteiger partial charge in [0.15, 0.2) is 0 Å². The zero-order valence-corrected chi connectivity index (χ0v) is 17.5. The number of aryl methyl sites for hydroxylation is 2. The van der Waals surface area contributed by atoms with Gasteiger partial charge in [-0.15, -0.1) is 5.10 Å². The van der Waals surface area contributed by atoms with E-state index in [0.29, 0.717) is 27.3 Å². The molecule has 0 unspecified atom stereocenters. The number of pyridine rings is 1. The fourth-order valence-electron chi connectivity index (χ4n) is 2.98. The minimum Gasteiger partial charge on any atom is -0.348 e. The van der Waals surface area contributed by atoms with E-state index in [4.69, 9.17) is 0 Å². The highest BCUT2D eigenvalue weighted by atomic mass is 19.4. The highest BCUT2D eigenvalue weighted by Crippen LogP contribution is 2.30. The molecule has 1 amide bonds. The summed E-state index contributed by atoms with van der Waals surface area (Å²) in [5, 5.41) is 12.4. The lowest BCUT2D eigenvalue weighted by Gasteiger charge is -2.12. The maximum atomic E-state index is 13.4.